The van der Waals surface area contributed by atoms with Crippen molar-refractivity contribution < 1.29 is 28.2 Å². The van der Waals surface area contributed by atoms with E-state index >= 15 is 0 Å². The van der Waals surface area contributed by atoms with E-state index in [9.17, 15) is 14.0 Å². The summed E-state index contributed by atoms with van der Waals surface area (Å²) in [6, 6.07) is 3.79. The molecule has 0 unspecified atom stereocenters. The molecule has 0 saturated heterocycles. The van der Waals surface area contributed by atoms with Gasteiger partial charge in [0.1, 0.15) is 23.7 Å². The van der Waals surface area contributed by atoms with Crippen LogP contribution in [0, 0.1) is 12.7 Å². The van der Waals surface area contributed by atoms with Crippen molar-refractivity contribution in [1.29, 1.82) is 0 Å². The van der Waals surface area contributed by atoms with Gasteiger partial charge in [-0.1, -0.05) is 0 Å². The number of aliphatic carboxylic acids is 1. The minimum absolute atomic E-state index is 0.0419. The van der Waals surface area contributed by atoms with Gasteiger partial charge < -0.3 is 19.6 Å². The molecule has 1 aromatic heterocycles. The Bertz CT molecular complexity index is 766. The Kier molecular flexibility index (Phi) is 5.23. The number of anilines is 1. The number of rotatable bonds is 6. The van der Waals surface area contributed by atoms with Crippen LogP contribution < -0.4 is 10.1 Å². The number of nitrogens with one attached hydrogen (secondary N) is 1. The second-order valence-corrected chi connectivity index (χ2v) is 5.55. The summed E-state index contributed by atoms with van der Waals surface area (Å²) in [5, 5.41) is 11.4. The van der Waals surface area contributed by atoms with Crippen LogP contribution in [-0.4, -0.2) is 23.1 Å². The zero-order valence-electron chi connectivity index (χ0n) is 13.6. The molecule has 2 aromatic rings. The van der Waals surface area contributed by atoms with Crippen LogP contribution in [0.4, 0.5) is 10.1 Å². The monoisotopic (exact) mass is 335 g/mol. The van der Waals surface area contributed by atoms with E-state index in [1.807, 2.05) is 0 Å². The number of amides is 1. The zero-order valence-corrected chi connectivity index (χ0v) is 13.6. The standard InChI is InChI=1S/C17H18FNO5/c1-9(2)24-13-5-4-11(18)6-12(13)19-17(22)16-10(3)8-23-14(16)7-15(20)21/h4-6,8-9H,7H2,1-3H3,(H,19,22)(H,20,21). The fourth-order valence-electron chi connectivity index (χ4n) is 2.21. The number of halogens is 1. The maximum absolute atomic E-state index is 13.5. The molecule has 0 spiro atoms. The van der Waals surface area contributed by atoms with E-state index in [4.69, 9.17) is 14.3 Å². The molecule has 0 radical (unpaired) electrons. The van der Waals surface area contributed by atoms with Gasteiger partial charge in [0, 0.05) is 11.6 Å². The van der Waals surface area contributed by atoms with Crippen molar-refractivity contribution in [2.75, 3.05) is 5.32 Å². The highest BCUT2D eigenvalue weighted by Crippen LogP contribution is 2.28. The molecule has 0 aliphatic rings. The topological polar surface area (TPSA) is 88.8 Å². The highest BCUT2D eigenvalue weighted by molar-refractivity contribution is 6.07. The Morgan fingerprint density at radius 2 is 2.08 bits per heavy atom. The van der Waals surface area contributed by atoms with Crippen LogP contribution >= 0.6 is 0 Å². The first-order valence-electron chi connectivity index (χ1n) is 7.34. The van der Waals surface area contributed by atoms with Gasteiger partial charge in [0.05, 0.1) is 23.6 Å². The molecule has 1 aromatic carbocycles. The van der Waals surface area contributed by atoms with Gasteiger partial charge >= 0.3 is 5.97 Å². The first-order chi connectivity index (χ1) is 11.3. The molecule has 2 N–H and O–H groups in total. The number of carbonyl (C=O) groups is 2. The van der Waals surface area contributed by atoms with Crippen molar-refractivity contribution >= 4 is 17.6 Å². The van der Waals surface area contributed by atoms with E-state index in [1.165, 1.54) is 18.4 Å². The van der Waals surface area contributed by atoms with Crippen molar-refractivity contribution in [3.8, 4) is 5.75 Å². The quantitative estimate of drug-likeness (QED) is 0.844. The summed E-state index contributed by atoms with van der Waals surface area (Å²) in [6.45, 7) is 5.24. The number of carboxylic acid groups (broad SMARTS) is 1. The van der Waals surface area contributed by atoms with Crippen LogP contribution in [0.3, 0.4) is 0 Å². The Labute approximate surface area is 138 Å². The minimum atomic E-state index is -1.12. The number of carbonyl (C=O) groups excluding carboxylic acids is 1. The van der Waals surface area contributed by atoms with Crippen LogP contribution in [0.15, 0.2) is 28.9 Å². The number of hydrogen-bond acceptors (Lipinski definition) is 4. The number of carboxylic acids is 1. The first kappa shape index (κ1) is 17.5. The highest BCUT2D eigenvalue weighted by atomic mass is 19.1. The third kappa shape index (κ3) is 4.13. The first-order valence-corrected chi connectivity index (χ1v) is 7.34. The Morgan fingerprint density at radius 3 is 2.71 bits per heavy atom. The van der Waals surface area contributed by atoms with Crippen LogP contribution in [0.5, 0.6) is 5.75 Å². The van der Waals surface area contributed by atoms with Gasteiger partial charge in [0.15, 0.2) is 0 Å². The minimum Gasteiger partial charge on any atom is -0.489 e. The zero-order chi connectivity index (χ0) is 17.9. The average Bonchev–Trinajstić information content (AvgIpc) is 2.81. The highest BCUT2D eigenvalue weighted by Gasteiger charge is 2.22. The summed E-state index contributed by atoms with van der Waals surface area (Å²) in [4.78, 5) is 23.4. The van der Waals surface area contributed by atoms with E-state index in [0.29, 0.717) is 11.3 Å². The molecule has 0 aliphatic heterocycles. The van der Waals surface area contributed by atoms with Crippen molar-refractivity contribution in [2.24, 2.45) is 0 Å². The third-order valence-electron chi connectivity index (χ3n) is 3.14. The molecule has 0 atom stereocenters. The second-order valence-electron chi connectivity index (χ2n) is 5.55. The molecule has 128 valence electrons. The largest absolute Gasteiger partial charge is 0.489 e. The van der Waals surface area contributed by atoms with Crippen LogP contribution in [-0.2, 0) is 11.2 Å². The van der Waals surface area contributed by atoms with Gasteiger partial charge in [-0.25, -0.2) is 4.39 Å². The van der Waals surface area contributed by atoms with Crippen LogP contribution in [0.1, 0.15) is 35.5 Å². The molecule has 6 nitrogen and oxygen atoms in total. The molecule has 2 rings (SSSR count). The second kappa shape index (κ2) is 7.16. The van der Waals surface area contributed by atoms with Crippen molar-refractivity contribution in [2.45, 2.75) is 33.3 Å². The molecule has 0 bridgehead atoms. The maximum Gasteiger partial charge on any atom is 0.311 e. The molecule has 1 amide bonds. The summed E-state index contributed by atoms with van der Waals surface area (Å²) in [6.07, 6.45) is 0.726. The van der Waals surface area contributed by atoms with Gasteiger partial charge in [-0.15, -0.1) is 0 Å². The lowest BCUT2D eigenvalue weighted by molar-refractivity contribution is -0.136. The van der Waals surface area contributed by atoms with Gasteiger partial charge in [0.2, 0.25) is 0 Å². The van der Waals surface area contributed by atoms with Gasteiger partial charge in [-0.05, 0) is 32.9 Å². The Balaban J connectivity index is 2.32. The van der Waals surface area contributed by atoms with Crippen molar-refractivity contribution in [3.05, 3.63) is 47.2 Å². The molecule has 1 heterocycles. The number of aryl methyl sites for hydroxylation is 1. The summed E-state index contributed by atoms with van der Waals surface area (Å²) < 4.78 is 24.2. The van der Waals surface area contributed by atoms with Gasteiger partial charge in [-0.2, -0.15) is 0 Å². The van der Waals surface area contributed by atoms with Gasteiger partial charge in [-0.3, -0.25) is 9.59 Å². The number of hydrogen-bond donors (Lipinski definition) is 2. The van der Waals surface area contributed by atoms with Crippen molar-refractivity contribution in [3.63, 3.8) is 0 Å². The smallest absolute Gasteiger partial charge is 0.311 e. The van der Waals surface area contributed by atoms with E-state index < -0.39 is 24.1 Å². The van der Waals surface area contributed by atoms with E-state index in [1.54, 1.807) is 20.8 Å². The lowest BCUT2D eigenvalue weighted by Crippen LogP contribution is -2.17. The Hall–Kier alpha value is -2.83. The molecule has 0 saturated carbocycles. The predicted molar refractivity (Wildman–Crippen MR) is 84.9 cm³/mol. The van der Waals surface area contributed by atoms with Crippen LogP contribution in [0.25, 0.3) is 0 Å². The fourth-order valence-corrected chi connectivity index (χ4v) is 2.21. The summed E-state index contributed by atoms with van der Waals surface area (Å²) in [7, 11) is 0. The predicted octanol–water partition coefficient (Wildman–Crippen LogP) is 3.39. The molecular weight excluding hydrogens is 317 g/mol. The van der Waals surface area contributed by atoms with E-state index in [2.05, 4.69) is 5.32 Å². The Morgan fingerprint density at radius 1 is 1.38 bits per heavy atom. The number of ether oxygens (including phenoxy) is 1. The number of benzene rings is 1. The molecular formula is C17H18FNO5. The van der Waals surface area contributed by atoms with Crippen molar-refractivity contribution in [1.82, 2.24) is 0 Å². The normalized spacial score (nSPS) is 10.7. The number of furan rings is 1. The maximum atomic E-state index is 13.5. The summed E-state index contributed by atoms with van der Waals surface area (Å²) >= 11 is 0. The lowest BCUT2D eigenvalue weighted by atomic mass is 10.1. The van der Waals surface area contributed by atoms with Gasteiger partial charge in [0.25, 0.3) is 5.91 Å². The average molecular weight is 335 g/mol. The molecule has 7 heteroatoms. The summed E-state index contributed by atoms with van der Waals surface area (Å²) in [5.41, 5.74) is 0.777. The summed E-state index contributed by atoms with van der Waals surface area (Å²) in [5.74, 6) is -1.87. The molecule has 0 aliphatic carbocycles. The van der Waals surface area contributed by atoms with Crippen LogP contribution in [0.2, 0.25) is 0 Å². The molecule has 0 fully saturated rings. The third-order valence-corrected chi connectivity index (χ3v) is 3.14. The van der Waals surface area contributed by atoms with E-state index in [0.717, 1.165) is 6.07 Å². The SMILES string of the molecule is Cc1coc(CC(=O)O)c1C(=O)Nc1cc(F)ccc1OC(C)C. The molecule has 24 heavy (non-hydrogen) atoms. The van der Waals surface area contributed by atoms with E-state index in [-0.39, 0.29) is 23.1 Å². The lowest BCUT2D eigenvalue weighted by Gasteiger charge is -2.15. The fraction of sp³-hybridized carbons (Fsp3) is 0.294.